The van der Waals surface area contributed by atoms with Gasteiger partial charge in [-0.1, -0.05) is 20.8 Å². The molecule has 0 aliphatic rings. The molecular weight excluding hydrogens is 258 g/mol. The van der Waals surface area contributed by atoms with Gasteiger partial charge in [0, 0.05) is 0 Å². The Morgan fingerprint density at radius 2 is 1.65 bits per heavy atom. The summed E-state index contributed by atoms with van der Waals surface area (Å²) in [5.74, 6) is 0.573. The summed E-state index contributed by atoms with van der Waals surface area (Å²) in [5.41, 5.74) is -0.587. The molecule has 5 heteroatoms. The van der Waals surface area contributed by atoms with Crippen molar-refractivity contribution in [2.24, 2.45) is 11.8 Å². The maximum absolute atomic E-state index is 11.7. The van der Waals surface area contributed by atoms with Crippen molar-refractivity contribution >= 4 is 12.1 Å². The van der Waals surface area contributed by atoms with Crippen molar-refractivity contribution in [1.82, 2.24) is 5.32 Å². The van der Waals surface area contributed by atoms with Gasteiger partial charge in [0.15, 0.2) is 0 Å². The molecular formula is C15H29NO4. The molecule has 0 aliphatic heterocycles. The van der Waals surface area contributed by atoms with Gasteiger partial charge in [0.1, 0.15) is 11.6 Å². The molecule has 0 saturated heterocycles. The lowest BCUT2D eigenvalue weighted by molar-refractivity contribution is -0.143. The third-order valence-corrected chi connectivity index (χ3v) is 3.23. The molecule has 5 nitrogen and oxygen atoms in total. The van der Waals surface area contributed by atoms with Crippen LogP contribution in [-0.2, 0) is 14.3 Å². The second kappa shape index (κ2) is 8.12. The average Bonchev–Trinajstić information content (AvgIpc) is 2.30. The Kier molecular flexibility index (Phi) is 7.61. The van der Waals surface area contributed by atoms with E-state index in [0.717, 1.165) is 6.42 Å². The third-order valence-electron chi connectivity index (χ3n) is 3.23. The van der Waals surface area contributed by atoms with Gasteiger partial charge in [-0.05, 0) is 45.4 Å². The van der Waals surface area contributed by atoms with E-state index in [1.807, 2.05) is 0 Å². The van der Waals surface area contributed by atoms with Gasteiger partial charge in [-0.15, -0.1) is 0 Å². The third kappa shape index (κ3) is 8.02. The lowest BCUT2D eigenvalue weighted by Crippen LogP contribution is -2.44. The summed E-state index contributed by atoms with van der Waals surface area (Å²) >= 11 is 0. The molecule has 1 amide bonds. The minimum absolute atomic E-state index is 0.438. The summed E-state index contributed by atoms with van der Waals surface area (Å²) in [6, 6.07) is -0.656. The summed E-state index contributed by atoms with van der Waals surface area (Å²) in [6.45, 7) is 11.7. The van der Waals surface area contributed by atoms with E-state index in [0.29, 0.717) is 18.3 Å². The molecule has 0 fully saturated rings. The Bertz CT molecular complexity index is 320. The van der Waals surface area contributed by atoms with E-state index in [1.165, 1.54) is 7.11 Å². The molecule has 1 unspecified atom stereocenters. The normalized spacial score (nSPS) is 14.6. The van der Waals surface area contributed by atoms with Crippen LogP contribution < -0.4 is 5.32 Å². The number of carbonyl (C=O) groups is 2. The van der Waals surface area contributed by atoms with Crippen molar-refractivity contribution < 1.29 is 19.1 Å². The van der Waals surface area contributed by atoms with E-state index < -0.39 is 23.7 Å². The first kappa shape index (κ1) is 18.7. The van der Waals surface area contributed by atoms with Crippen molar-refractivity contribution in [1.29, 1.82) is 0 Å². The van der Waals surface area contributed by atoms with E-state index in [1.54, 1.807) is 20.8 Å². The Balaban J connectivity index is 4.50. The Hall–Kier alpha value is -1.26. The molecule has 0 aliphatic carbocycles. The molecule has 0 saturated carbocycles. The molecule has 0 bridgehead atoms. The molecule has 0 spiro atoms. The second-order valence-electron chi connectivity index (χ2n) is 6.52. The molecule has 20 heavy (non-hydrogen) atoms. The number of rotatable bonds is 6. The monoisotopic (exact) mass is 287 g/mol. The molecule has 0 aromatic rings. The summed E-state index contributed by atoms with van der Waals surface area (Å²) in [6.07, 6.45) is 0.795. The quantitative estimate of drug-likeness (QED) is 0.762. The number of hydrogen-bond donors (Lipinski definition) is 1. The second-order valence-corrected chi connectivity index (χ2v) is 6.52. The molecule has 118 valence electrons. The van der Waals surface area contributed by atoms with Crippen LogP contribution in [0.5, 0.6) is 0 Å². The van der Waals surface area contributed by atoms with Crippen LogP contribution in [0.1, 0.15) is 54.4 Å². The lowest BCUT2D eigenvalue weighted by Gasteiger charge is -2.23. The predicted molar refractivity (Wildman–Crippen MR) is 78.4 cm³/mol. The molecule has 0 radical (unpaired) electrons. The predicted octanol–water partition coefficient (Wildman–Crippen LogP) is 3.13. The van der Waals surface area contributed by atoms with Gasteiger partial charge in [-0.2, -0.15) is 0 Å². The highest BCUT2D eigenvalue weighted by molar-refractivity contribution is 5.81. The fraction of sp³-hybridized carbons (Fsp3) is 0.867. The van der Waals surface area contributed by atoms with Crippen LogP contribution >= 0.6 is 0 Å². The highest BCUT2D eigenvalue weighted by atomic mass is 16.6. The van der Waals surface area contributed by atoms with Gasteiger partial charge in [0.05, 0.1) is 7.11 Å². The van der Waals surface area contributed by atoms with Gasteiger partial charge in [0.2, 0.25) is 0 Å². The summed E-state index contributed by atoms with van der Waals surface area (Å²) in [7, 11) is 1.32. The van der Waals surface area contributed by atoms with Crippen LogP contribution in [0.15, 0.2) is 0 Å². The van der Waals surface area contributed by atoms with E-state index in [9.17, 15) is 9.59 Å². The zero-order valence-corrected chi connectivity index (χ0v) is 13.8. The van der Waals surface area contributed by atoms with Crippen LogP contribution in [0, 0.1) is 11.8 Å². The van der Waals surface area contributed by atoms with Crippen molar-refractivity contribution in [3.63, 3.8) is 0 Å². The number of esters is 1. The molecule has 0 heterocycles. The van der Waals surface area contributed by atoms with E-state index in [4.69, 9.17) is 9.47 Å². The number of ether oxygens (including phenoxy) is 2. The molecule has 2 atom stereocenters. The average molecular weight is 287 g/mol. The largest absolute Gasteiger partial charge is 0.467 e. The van der Waals surface area contributed by atoms with Crippen LogP contribution in [0.25, 0.3) is 0 Å². The SMILES string of the molecule is COC(=O)[C@H](CCC(C)C(C)C)NC(=O)OC(C)(C)C. The molecule has 0 rings (SSSR count). The van der Waals surface area contributed by atoms with Crippen molar-refractivity contribution in [2.75, 3.05) is 7.11 Å². The summed E-state index contributed by atoms with van der Waals surface area (Å²) in [4.78, 5) is 23.4. The van der Waals surface area contributed by atoms with Crippen LogP contribution in [0.3, 0.4) is 0 Å². The number of alkyl carbamates (subject to hydrolysis) is 1. The minimum Gasteiger partial charge on any atom is -0.467 e. The number of nitrogens with one attached hydrogen (secondary N) is 1. The topological polar surface area (TPSA) is 64.6 Å². The lowest BCUT2D eigenvalue weighted by atomic mass is 9.91. The molecule has 1 N–H and O–H groups in total. The first-order valence-corrected chi connectivity index (χ1v) is 7.14. The minimum atomic E-state index is -0.656. The van der Waals surface area contributed by atoms with Gasteiger partial charge < -0.3 is 14.8 Å². The van der Waals surface area contributed by atoms with Crippen LogP contribution in [0.2, 0.25) is 0 Å². The van der Waals surface area contributed by atoms with Crippen LogP contribution in [0.4, 0.5) is 4.79 Å². The Morgan fingerprint density at radius 1 is 1.10 bits per heavy atom. The summed E-state index contributed by atoms with van der Waals surface area (Å²) in [5, 5.41) is 2.58. The van der Waals surface area contributed by atoms with Crippen molar-refractivity contribution in [3.05, 3.63) is 0 Å². The summed E-state index contributed by atoms with van der Waals surface area (Å²) < 4.78 is 9.89. The number of hydrogen-bond acceptors (Lipinski definition) is 4. The van der Waals surface area contributed by atoms with Gasteiger partial charge in [-0.3, -0.25) is 0 Å². The van der Waals surface area contributed by atoms with E-state index in [2.05, 4.69) is 26.1 Å². The number of methoxy groups -OCH3 is 1. The molecule has 0 aromatic heterocycles. The Morgan fingerprint density at radius 3 is 2.05 bits per heavy atom. The van der Waals surface area contributed by atoms with Gasteiger partial charge in [0.25, 0.3) is 0 Å². The maximum Gasteiger partial charge on any atom is 0.408 e. The van der Waals surface area contributed by atoms with Crippen molar-refractivity contribution in [3.8, 4) is 0 Å². The fourth-order valence-corrected chi connectivity index (χ4v) is 1.60. The Labute approximate surface area is 122 Å². The number of carbonyl (C=O) groups excluding carboxylic acids is 2. The van der Waals surface area contributed by atoms with E-state index >= 15 is 0 Å². The van der Waals surface area contributed by atoms with E-state index in [-0.39, 0.29) is 0 Å². The highest BCUT2D eigenvalue weighted by Gasteiger charge is 2.25. The first-order chi connectivity index (χ1) is 9.06. The van der Waals surface area contributed by atoms with Gasteiger partial charge in [-0.25, -0.2) is 9.59 Å². The van der Waals surface area contributed by atoms with Gasteiger partial charge >= 0.3 is 12.1 Å². The zero-order valence-electron chi connectivity index (χ0n) is 13.8. The highest BCUT2D eigenvalue weighted by Crippen LogP contribution is 2.17. The van der Waals surface area contributed by atoms with Crippen LogP contribution in [-0.4, -0.2) is 30.8 Å². The zero-order chi connectivity index (χ0) is 15.9. The number of amides is 1. The first-order valence-electron chi connectivity index (χ1n) is 7.14. The standard InChI is InChI=1S/C15H29NO4/c1-10(2)11(3)8-9-12(13(17)19-7)16-14(18)20-15(4,5)6/h10-12H,8-9H2,1-7H3,(H,16,18)/t11?,12-/m0/s1. The maximum atomic E-state index is 11.7. The molecule has 0 aromatic carbocycles. The smallest absolute Gasteiger partial charge is 0.408 e. The van der Waals surface area contributed by atoms with Crippen molar-refractivity contribution in [2.45, 2.75) is 66.0 Å². The fourth-order valence-electron chi connectivity index (χ4n) is 1.60.